The van der Waals surface area contributed by atoms with Crippen molar-refractivity contribution < 1.29 is 29.7 Å². The lowest BCUT2D eigenvalue weighted by atomic mass is 9.92. The second-order valence-corrected chi connectivity index (χ2v) is 3.11. The summed E-state index contributed by atoms with van der Waals surface area (Å²) >= 11 is 0. The van der Waals surface area contributed by atoms with Crippen LogP contribution in [0.1, 0.15) is 26.2 Å². The summed E-state index contributed by atoms with van der Waals surface area (Å²) in [4.78, 5) is 31.4. The summed E-state index contributed by atoms with van der Waals surface area (Å²) in [7, 11) is 0. The van der Waals surface area contributed by atoms with Crippen molar-refractivity contribution >= 4 is 17.7 Å². The van der Waals surface area contributed by atoms with E-state index in [0.29, 0.717) is 0 Å². The maximum atomic E-state index is 10.6. The van der Waals surface area contributed by atoms with Gasteiger partial charge in [0.15, 0.2) is 5.60 Å². The van der Waals surface area contributed by atoms with Crippen LogP contribution in [0.3, 0.4) is 0 Å². The third-order valence-corrected chi connectivity index (χ3v) is 1.69. The molecule has 0 bridgehead atoms. The van der Waals surface area contributed by atoms with Crippen molar-refractivity contribution in [3.05, 3.63) is 0 Å². The van der Waals surface area contributed by atoms with Gasteiger partial charge in [-0.1, -0.05) is 0 Å². The first-order chi connectivity index (χ1) is 6.28. The first kappa shape index (κ1) is 12.6. The Balaban J connectivity index is 4.47. The van der Waals surface area contributed by atoms with Gasteiger partial charge in [0, 0.05) is 12.8 Å². The normalized spacial score (nSPS) is 14.4. The lowest BCUT2D eigenvalue weighted by molar-refractivity contribution is -0.163. The molecule has 0 aromatic heterocycles. The van der Waals surface area contributed by atoms with Crippen LogP contribution < -0.4 is 0 Å². The van der Waals surface area contributed by atoms with E-state index in [0.717, 1.165) is 6.92 Å². The molecule has 14 heavy (non-hydrogen) atoms. The fraction of sp³-hybridized carbons (Fsp3) is 0.625. The number of hydrogen-bond donors (Lipinski definition) is 3. The average molecular weight is 204 g/mol. The third-order valence-electron chi connectivity index (χ3n) is 1.69. The van der Waals surface area contributed by atoms with E-state index in [9.17, 15) is 19.5 Å². The fourth-order valence-electron chi connectivity index (χ4n) is 0.996. The van der Waals surface area contributed by atoms with Crippen molar-refractivity contribution in [1.82, 2.24) is 0 Å². The van der Waals surface area contributed by atoms with Gasteiger partial charge >= 0.3 is 11.9 Å². The van der Waals surface area contributed by atoms with Gasteiger partial charge in [0.2, 0.25) is 0 Å². The van der Waals surface area contributed by atoms with Gasteiger partial charge in [-0.3, -0.25) is 9.59 Å². The van der Waals surface area contributed by atoms with Crippen molar-refractivity contribution in [3.8, 4) is 0 Å². The van der Waals surface area contributed by atoms with E-state index in [1.807, 2.05) is 0 Å². The summed E-state index contributed by atoms with van der Waals surface area (Å²) in [6.45, 7) is 1.13. The highest BCUT2D eigenvalue weighted by atomic mass is 16.4. The van der Waals surface area contributed by atoms with E-state index >= 15 is 0 Å². The minimum atomic E-state index is -2.26. The number of carbonyl (C=O) groups is 3. The van der Waals surface area contributed by atoms with Crippen molar-refractivity contribution in [2.24, 2.45) is 0 Å². The highest BCUT2D eigenvalue weighted by molar-refractivity contribution is 5.87. The van der Waals surface area contributed by atoms with Gasteiger partial charge in [-0.15, -0.1) is 0 Å². The van der Waals surface area contributed by atoms with Crippen LogP contribution in [-0.4, -0.2) is 38.6 Å². The van der Waals surface area contributed by atoms with Crippen molar-refractivity contribution in [3.63, 3.8) is 0 Å². The molecule has 0 spiro atoms. The molecule has 0 saturated heterocycles. The monoisotopic (exact) mass is 204 g/mol. The van der Waals surface area contributed by atoms with Crippen LogP contribution in [0.2, 0.25) is 0 Å². The topological polar surface area (TPSA) is 112 Å². The van der Waals surface area contributed by atoms with Gasteiger partial charge in [0.1, 0.15) is 5.78 Å². The number of aliphatic carboxylic acids is 2. The molecule has 80 valence electrons. The lowest BCUT2D eigenvalue weighted by Crippen LogP contribution is -2.40. The number of rotatable bonds is 6. The molecule has 1 atom stereocenters. The second kappa shape index (κ2) is 4.71. The number of carbonyl (C=O) groups excluding carboxylic acids is 1. The quantitative estimate of drug-likeness (QED) is 0.545. The molecule has 0 unspecified atom stereocenters. The molecule has 0 rings (SSSR count). The van der Waals surface area contributed by atoms with Crippen LogP contribution in [0.4, 0.5) is 0 Å². The molecule has 6 heteroatoms. The van der Waals surface area contributed by atoms with Gasteiger partial charge in [0.05, 0.1) is 0 Å². The summed E-state index contributed by atoms with van der Waals surface area (Å²) in [5, 5.41) is 26.3. The predicted molar refractivity (Wildman–Crippen MR) is 44.8 cm³/mol. The van der Waals surface area contributed by atoms with Crippen LogP contribution >= 0.6 is 0 Å². The molecule has 0 aliphatic heterocycles. The zero-order chi connectivity index (χ0) is 11.4. The molecule has 0 saturated carbocycles. The Morgan fingerprint density at radius 3 is 2.00 bits per heavy atom. The zero-order valence-electron chi connectivity index (χ0n) is 7.69. The molecule has 0 aliphatic rings. The molecule has 0 aliphatic carbocycles. The van der Waals surface area contributed by atoms with E-state index in [-0.39, 0.29) is 0 Å². The fourth-order valence-corrected chi connectivity index (χ4v) is 0.996. The Hall–Kier alpha value is -1.43. The van der Waals surface area contributed by atoms with E-state index in [1.165, 1.54) is 0 Å². The Kier molecular flexibility index (Phi) is 4.23. The summed E-state index contributed by atoms with van der Waals surface area (Å²) in [6.07, 6.45) is -1.54. The highest BCUT2D eigenvalue weighted by Crippen LogP contribution is 2.18. The largest absolute Gasteiger partial charge is 0.481 e. The van der Waals surface area contributed by atoms with Gasteiger partial charge in [-0.25, -0.2) is 4.79 Å². The maximum Gasteiger partial charge on any atom is 0.336 e. The van der Waals surface area contributed by atoms with E-state index < -0.39 is 42.6 Å². The maximum absolute atomic E-state index is 10.6. The molecular weight excluding hydrogens is 192 g/mol. The van der Waals surface area contributed by atoms with Crippen molar-refractivity contribution in [1.29, 1.82) is 0 Å². The average Bonchev–Trinajstić information content (AvgIpc) is 1.99. The number of ketones is 1. The van der Waals surface area contributed by atoms with Crippen LogP contribution in [0.5, 0.6) is 0 Å². The number of hydrogen-bond acceptors (Lipinski definition) is 4. The number of aliphatic hydroxyl groups is 1. The number of carboxylic acids is 2. The van der Waals surface area contributed by atoms with E-state index in [2.05, 4.69) is 0 Å². The standard InChI is InChI=1S/C8H12O6/c1-5(9)4-8(14,7(12)13)3-2-6(10)11/h14H,2-4H2,1H3,(H,10,11)(H,12,13)/t8-/m1/s1. The summed E-state index contributed by atoms with van der Waals surface area (Å²) in [6, 6.07) is 0. The Bertz CT molecular complexity index is 259. The van der Waals surface area contributed by atoms with Gasteiger partial charge in [0.25, 0.3) is 0 Å². The summed E-state index contributed by atoms with van der Waals surface area (Å²) in [5.41, 5.74) is -2.26. The van der Waals surface area contributed by atoms with E-state index in [4.69, 9.17) is 10.2 Å². The molecule has 0 radical (unpaired) electrons. The van der Waals surface area contributed by atoms with Crippen LogP contribution in [0.25, 0.3) is 0 Å². The zero-order valence-corrected chi connectivity index (χ0v) is 7.69. The molecule has 0 amide bonds. The summed E-state index contributed by atoms with van der Waals surface area (Å²) < 4.78 is 0. The molecule has 0 heterocycles. The molecule has 0 fully saturated rings. The van der Waals surface area contributed by atoms with Crippen molar-refractivity contribution in [2.75, 3.05) is 0 Å². The number of Topliss-reactive ketones (excluding diaryl/α,β-unsaturated/α-hetero) is 1. The molecule has 6 nitrogen and oxygen atoms in total. The van der Waals surface area contributed by atoms with E-state index in [1.54, 1.807) is 0 Å². The SMILES string of the molecule is CC(=O)C[C@](O)(CCC(=O)O)C(=O)O. The summed E-state index contributed by atoms with van der Waals surface area (Å²) in [5.74, 6) is -3.29. The predicted octanol–water partition coefficient (Wildman–Crippen LogP) is -0.354. The smallest absolute Gasteiger partial charge is 0.336 e. The van der Waals surface area contributed by atoms with Crippen LogP contribution in [0.15, 0.2) is 0 Å². The van der Waals surface area contributed by atoms with Crippen LogP contribution in [0, 0.1) is 0 Å². The second-order valence-electron chi connectivity index (χ2n) is 3.11. The first-order valence-electron chi connectivity index (χ1n) is 3.95. The van der Waals surface area contributed by atoms with Crippen molar-refractivity contribution in [2.45, 2.75) is 31.8 Å². The first-order valence-corrected chi connectivity index (χ1v) is 3.95. The minimum absolute atomic E-state index is 0.475. The van der Waals surface area contributed by atoms with Gasteiger partial charge < -0.3 is 15.3 Å². The Morgan fingerprint density at radius 1 is 1.21 bits per heavy atom. The van der Waals surface area contributed by atoms with Crippen LogP contribution in [-0.2, 0) is 14.4 Å². The highest BCUT2D eigenvalue weighted by Gasteiger charge is 2.37. The lowest BCUT2D eigenvalue weighted by Gasteiger charge is -2.20. The molecule has 3 N–H and O–H groups in total. The van der Waals surface area contributed by atoms with Gasteiger partial charge in [-0.05, 0) is 13.3 Å². The molecular formula is C8H12O6. The third kappa shape index (κ3) is 3.99. The minimum Gasteiger partial charge on any atom is -0.481 e. The number of carboxylic acid groups (broad SMARTS) is 2. The molecule has 0 aromatic carbocycles. The Morgan fingerprint density at radius 2 is 1.71 bits per heavy atom. The Labute approximate surface area is 80.2 Å². The molecule has 0 aromatic rings. The van der Waals surface area contributed by atoms with Gasteiger partial charge in [-0.2, -0.15) is 0 Å².